The number of pyridine rings is 1. The molecule has 0 saturated heterocycles. The van der Waals surface area contributed by atoms with Crippen molar-refractivity contribution < 1.29 is 0 Å². The Balaban J connectivity index is 0.00000168. The number of benzene rings is 2. The van der Waals surface area contributed by atoms with E-state index in [2.05, 4.69) is 70.5 Å². The zero-order valence-electron chi connectivity index (χ0n) is 14.6. The Bertz CT molecular complexity index is 1050. The van der Waals surface area contributed by atoms with Crippen LogP contribution in [0.15, 0.2) is 60.7 Å². The highest BCUT2D eigenvalue weighted by molar-refractivity contribution is 5.85. The third-order valence-corrected chi connectivity index (χ3v) is 5.30. The first-order valence-corrected chi connectivity index (χ1v) is 9.02. The lowest BCUT2D eigenvalue weighted by Gasteiger charge is -2.27. The van der Waals surface area contributed by atoms with Gasteiger partial charge in [-0.3, -0.25) is 9.88 Å². The Morgan fingerprint density at radius 1 is 0.962 bits per heavy atom. The monoisotopic (exact) mass is 363 g/mol. The smallest absolute Gasteiger partial charge is 0.0705 e. The number of hydrogen-bond acceptors (Lipinski definition) is 2. The number of hydrogen-bond donors (Lipinski definition) is 1. The van der Waals surface area contributed by atoms with Gasteiger partial charge < -0.3 is 4.98 Å². The van der Waals surface area contributed by atoms with Crippen molar-refractivity contribution in [3.63, 3.8) is 0 Å². The number of halogens is 1. The third-order valence-electron chi connectivity index (χ3n) is 5.30. The number of H-pyrrole nitrogens is 1. The van der Waals surface area contributed by atoms with E-state index in [4.69, 9.17) is 4.98 Å². The Labute approximate surface area is 159 Å². The number of aromatic amines is 1. The lowest BCUT2D eigenvalue weighted by Crippen LogP contribution is -2.32. The molecule has 0 fully saturated rings. The van der Waals surface area contributed by atoms with Crippen molar-refractivity contribution in [2.24, 2.45) is 0 Å². The molecular formula is C22H22ClN3. The summed E-state index contributed by atoms with van der Waals surface area (Å²) in [6, 6.07) is 21.3. The summed E-state index contributed by atoms with van der Waals surface area (Å²) in [5.74, 6) is 0. The van der Waals surface area contributed by atoms with Crippen LogP contribution in [0.4, 0.5) is 0 Å². The molecule has 2 aromatic heterocycles. The van der Waals surface area contributed by atoms with Gasteiger partial charge in [0.25, 0.3) is 0 Å². The van der Waals surface area contributed by atoms with Gasteiger partial charge in [0, 0.05) is 60.2 Å². The molecule has 0 saturated carbocycles. The second kappa shape index (κ2) is 7.10. The molecule has 2 aromatic carbocycles. The Morgan fingerprint density at radius 2 is 1.81 bits per heavy atom. The highest BCUT2D eigenvalue weighted by Gasteiger charge is 2.20. The molecule has 4 heteroatoms. The molecule has 3 nitrogen and oxygen atoms in total. The Kier molecular flexibility index (Phi) is 4.66. The van der Waals surface area contributed by atoms with Gasteiger partial charge in [-0.15, -0.1) is 12.4 Å². The van der Waals surface area contributed by atoms with E-state index in [9.17, 15) is 0 Å². The zero-order chi connectivity index (χ0) is 16.6. The number of fused-ring (bicyclic) bond motifs is 4. The van der Waals surface area contributed by atoms with Crippen LogP contribution in [0, 0.1) is 0 Å². The molecule has 0 radical (unpaired) electrons. The van der Waals surface area contributed by atoms with Crippen molar-refractivity contribution in [3.05, 3.63) is 77.6 Å². The second-order valence-electron chi connectivity index (χ2n) is 6.90. The van der Waals surface area contributed by atoms with Crippen LogP contribution in [0.3, 0.4) is 0 Å². The largest absolute Gasteiger partial charge is 0.358 e. The van der Waals surface area contributed by atoms with Gasteiger partial charge in [-0.1, -0.05) is 42.5 Å². The van der Waals surface area contributed by atoms with Gasteiger partial charge in [-0.25, -0.2) is 0 Å². The van der Waals surface area contributed by atoms with Crippen molar-refractivity contribution >= 4 is 34.2 Å². The summed E-state index contributed by atoms with van der Waals surface area (Å²) >= 11 is 0. The van der Waals surface area contributed by atoms with Crippen LogP contribution in [-0.2, 0) is 19.4 Å². The van der Waals surface area contributed by atoms with E-state index < -0.39 is 0 Å². The molecule has 3 heterocycles. The van der Waals surface area contributed by atoms with Gasteiger partial charge in [-0.2, -0.15) is 0 Å². The average molecular weight is 364 g/mol. The molecule has 1 aliphatic rings. The van der Waals surface area contributed by atoms with Crippen LogP contribution < -0.4 is 0 Å². The highest BCUT2D eigenvalue weighted by atomic mass is 35.5. The number of aromatic nitrogens is 2. The van der Waals surface area contributed by atoms with Crippen molar-refractivity contribution in [3.8, 4) is 0 Å². The van der Waals surface area contributed by atoms with Gasteiger partial charge in [0.1, 0.15) is 0 Å². The van der Waals surface area contributed by atoms with E-state index in [-0.39, 0.29) is 12.4 Å². The fraction of sp³-hybridized carbons (Fsp3) is 0.227. The molecule has 1 N–H and O–H groups in total. The van der Waals surface area contributed by atoms with Crippen LogP contribution in [0.5, 0.6) is 0 Å². The van der Waals surface area contributed by atoms with Crippen LogP contribution >= 0.6 is 12.4 Å². The van der Waals surface area contributed by atoms with Crippen molar-refractivity contribution in [2.45, 2.75) is 19.4 Å². The topological polar surface area (TPSA) is 31.9 Å². The first-order valence-electron chi connectivity index (χ1n) is 9.02. The van der Waals surface area contributed by atoms with Crippen LogP contribution in [0.2, 0.25) is 0 Å². The molecule has 0 atom stereocenters. The average Bonchev–Trinajstić information content (AvgIpc) is 3.04. The molecule has 1 aliphatic heterocycles. The summed E-state index contributed by atoms with van der Waals surface area (Å²) in [6.07, 6.45) is 2.11. The van der Waals surface area contributed by atoms with Gasteiger partial charge in [0.2, 0.25) is 0 Å². The quantitative estimate of drug-likeness (QED) is 0.570. The maximum absolute atomic E-state index is 4.81. The lowest BCUT2D eigenvalue weighted by molar-refractivity contribution is 0.257. The SMILES string of the molecule is Cl.c1ccc2nc(CCN3CCc4[nH]c5ccccc5c4C3)ccc2c1. The van der Waals surface area contributed by atoms with E-state index in [0.717, 1.165) is 38.0 Å². The summed E-state index contributed by atoms with van der Waals surface area (Å²) in [5.41, 5.74) is 6.45. The maximum Gasteiger partial charge on any atom is 0.0705 e. The van der Waals surface area contributed by atoms with E-state index in [1.165, 1.54) is 33.2 Å². The minimum absolute atomic E-state index is 0. The first kappa shape index (κ1) is 17.1. The van der Waals surface area contributed by atoms with Crippen molar-refractivity contribution in [2.75, 3.05) is 13.1 Å². The summed E-state index contributed by atoms with van der Waals surface area (Å²) in [7, 11) is 0. The summed E-state index contributed by atoms with van der Waals surface area (Å²) < 4.78 is 0. The molecule has 4 aromatic rings. The Morgan fingerprint density at radius 3 is 2.77 bits per heavy atom. The van der Waals surface area contributed by atoms with Gasteiger partial charge >= 0.3 is 0 Å². The van der Waals surface area contributed by atoms with E-state index in [0.29, 0.717) is 0 Å². The molecule has 5 rings (SSSR count). The number of nitrogens with zero attached hydrogens (tertiary/aromatic N) is 2. The maximum atomic E-state index is 4.81. The minimum Gasteiger partial charge on any atom is -0.358 e. The van der Waals surface area contributed by atoms with Crippen molar-refractivity contribution in [1.29, 1.82) is 0 Å². The van der Waals surface area contributed by atoms with Gasteiger partial charge in [0.15, 0.2) is 0 Å². The van der Waals surface area contributed by atoms with Crippen LogP contribution in [-0.4, -0.2) is 28.0 Å². The second-order valence-corrected chi connectivity index (χ2v) is 6.90. The number of para-hydroxylation sites is 2. The predicted octanol–water partition coefficient (Wildman–Crippen LogP) is 4.74. The zero-order valence-corrected chi connectivity index (χ0v) is 15.4. The molecule has 0 bridgehead atoms. The summed E-state index contributed by atoms with van der Waals surface area (Å²) in [5, 5.41) is 2.60. The summed E-state index contributed by atoms with van der Waals surface area (Å²) in [4.78, 5) is 11.0. The first-order chi connectivity index (χ1) is 12.4. The predicted molar refractivity (Wildman–Crippen MR) is 110 cm³/mol. The van der Waals surface area contributed by atoms with Gasteiger partial charge in [-0.05, 0) is 23.8 Å². The normalized spacial score (nSPS) is 14.3. The molecule has 26 heavy (non-hydrogen) atoms. The van der Waals surface area contributed by atoms with E-state index in [1.54, 1.807) is 0 Å². The fourth-order valence-corrected chi connectivity index (χ4v) is 3.93. The molecule has 0 amide bonds. The minimum atomic E-state index is 0. The third kappa shape index (κ3) is 3.09. The number of nitrogens with one attached hydrogen (secondary N) is 1. The van der Waals surface area contributed by atoms with Crippen LogP contribution in [0.1, 0.15) is 17.0 Å². The van der Waals surface area contributed by atoms with Gasteiger partial charge in [0.05, 0.1) is 5.52 Å². The van der Waals surface area contributed by atoms with E-state index >= 15 is 0 Å². The van der Waals surface area contributed by atoms with Crippen LogP contribution in [0.25, 0.3) is 21.8 Å². The Hall–Kier alpha value is -2.36. The van der Waals surface area contributed by atoms with E-state index in [1.807, 2.05) is 0 Å². The lowest BCUT2D eigenvalue weighted by atomic mass is 10.0. The molecule has 0 spiro atoms. The summed E-state index contributed by atoms with van der Waals surface area (Å²) in [6.45, 7) is 3.21. The fourth-order valence-electron chi connectivity index (χ4n) is 3.93. The molecule has 0 unspecified atom stereocenters. The molecular weight excluding hydrogens is 342 g/mol. The van der Waals surface area contributed by atoms with Crippen molar-refractivity contribution in [1.82, 2.24) is 14.9 Å². The number of rotatable bonds is 3. The molecule has 132 valence electrons. The standard InChI is InChI=1S/C22H21N3.ClH/c1-3-7-20-16(5-1)9-10-17(23-20)11-13-25-14-12-22-19(15-25)18-6-2-4-8-21(18)24-22;/h1-10,24H,11-15H2;1H. The molecule has 0 aliphatic carbocycles. The highest BCUT2D eigenvalue weighted by Crippen LogP contribution is 2.27.